The summed E-state index contributed by atoms with van der Waals surface area (Å²) in [6, 6.07) is 9.09. The molecule has 2 unspecified atom stereocenters. The van der Waals surface area contributed by atoms with Gasteiger partial charge in [-0.2, -0.15) is 0 Å². The van der Waals surface area contributed by atoms with Crippen LogP contribution < -0.4 is 10.1 Å². The molecule has 0 aliphatic heterocycles. The second-order valence-electron chi connectivity index (χ2n) is 4.98. The number of hydrogen-bond donors (Lipinski definition) is 1. The quantitative estimate of drug-likeness (QED) is 0.842. The summed E-state index contributed by atoms with van der Waals surface area (Å²) in [6.07, 6.45) is 4.07. The first-order valence-electron chi connectivity index (χ1n) is 6.74. The van der Waals surface area contributed by atoms with E-state index in [1.807, 2.05) is 13.0 Å². The molecule has 1 aliphatic rings. The van der Waals surface area contributed by atoms with E-state index in [0.717, 1.165) is 24.8 Å². The third kappa shape index (κ3) is 3.47. The molecular weight excluding hydrogens is 210 g/mol. The molecule has 1 N–H and O–H groups in total. The molecule has 0 aromatic heterocycles. The van der Waals surface area contributed by atoms with Crippen LogP contribution in [-0.2, 0) is 6.54 Å². The van der Waals surface area contributed by atoms with Crippen LogP contribution in [0.25, 0.3) is 0 Å². The van der Waals surface area contributed by atoms with Gasteiger partial charge >= 0.3 is 0 Å². The lowest BCUT2D eigenvalue weighted by Gasteiger charge is -2.17. The van der Waals surface area contributed by atoms with Crippen molar-refractivity contribution in [1.82, 2.24) is 5.32 Å². The van der Waals surface area contributed by atoms with Crippen LogP contribution in [0.1, 0.15) is 38.7 Å². The van der Waals surface area contributed by atoms with Crippen LogP contribution in [0.4, 0.5) is 0 Å². The van der Waals surface area contributed by atoms with Crippen LogP contribution in [0, 0.1) is 5.92 Å². The molecule has 0 spiro atoms. The minimum Gasteiger partial charge on any atom is -0.494 e. The number of rotatable bonds is 5. The molecular formula is C15H23NO. The molecule has 1 aromatic carbocycles. The van der Waals surface area contributed by atoms with E-state index in [1.165, 1.54) is 24.8 Å². The van der Waals surface area contributed by atoms with Crippen LogP contribution in [-0.4, -0.2) is 12.6 Å². The monoisotopic (exact) mass is 233 g/mol. The molecule has 0 saturated heterocycles. The molecule has 1 aromatic rings. The summed E-state index contributed by atoms with van der Waals surface area (Å²) in [6.45, 7) is 6.05. The molecule has 0 radical (unpaired) electrons. The van der Waals surface area contributed by atoms with Crippen molar-refractivity contribution in [2.75, 3.05) is 6.61 Å². The van der Waals surface area contributed by atoms with Crippen molar-refractivity contribution in [3.8, 4) is 5.75 Å². The van der Waals surface area contributed by atoms with Gasteiger partial charge in [0.25, 0.3) is 0 Å². The third-order valence-corrected chi connectivity index (χ3v) is 3.64. The first-order valence-corrected chi connectivity index (χ1v) is 6.74. The molecule has 2 heteroatoms. The number of nitrogens with one attached hydrogen (secondary N) is 1. The first-order chi connectivity index (χ1) is 8.29. The second-order valence-corrected chi connectivity index (χ2v) is 4.98. The molecule has 94 valence electrons. The lowest BCUT2D eigenvalue weighted by molar-refractivity contribution is 0.339. The molecule has 1 aliphatic carbocycles. The van der Waals surface area contributed by atoms with Crippen molar-refractivity contribution < 1.29 is 4.74 Å². The molecule has 2 nitrogen and oxygen atoms in total. The van der Waals surface area contributed by atoms with Crippen LogP contribution >= 0.6 is 0 Å². The van der Waals surface area contributed by atoms with Gasteiger partial charge in [0.15, 0.2) is 0 Å². The number of ether oxygens (including phenoxy) is 1. The van der Waals surface area contributed by atoms with Gasteiger partial charge in [-0.05, 0) is 43.4 Å². The molecule has 2 rings (SSSR count). The fraction of sp³-hybridized carbons (Fsp3) is 0.600. The fourth-order valence-corrected chi connectivity index (χ4v) is 2.61. The van der Waals surface area contributed by atoms with Gasteiger partial charge in [-0.1, -0.05) is 25.5 Å². The van der Waals surface area contributed by atoms with E-state index in [4.69, 9.17) is 4.74 Å². The van der Waals surface area contributed by atoms with Gasteiger partial charge in [-0.15, -0.1) is 0 Å². The lowest BCUT2D eigenvalue weighted by Crippen LogP contribution is -2.30. The van der Waals surface area contributed by atoms with Crippen molar-refractivity contribution in [2.24, 2.45) is 5.92 Å². The summed E-state index contributed by atoms with van der Waals surface area (Å²) in [5, 5.41) is 3.66. The van der Waals surface area contributed by atoms with E-state index >= 15 is 0 Å². The van der Waals surface area contributed by atoms with Crippen LogP contribution in [0.15, 0.2) is 24.3 Å². The summed E-state index contributed by atoms with van der Waals surface area (Å²) >= 11 is 0. The van der Waals surface area contributed by atoms with Crippen LogP contribution in [0.2, 0.25) is 0 Å². The topological polar surface area (TPSA) is 21.3 Å². The van der Waals surface area contributed by atoms with Crippen molar-refractivity contribution in [3.63, 3.8) is 0 Å². The Balaban J connectivity index is 1.87. The Bertz CT molecular complexity index is 351. The van der Waals surface area contributed by atoms with Crippen LogP contribution in [0.5, 0.6) is 5.75 Å². The van der Waals surface area contributed by atoms with E-state index in [2.05, 4.69) is 30.4 Å². The SMILES string of the molecule is CCOc1cccc(CNC2CCCC2C)c1. The van der Waals surface area contributed by atoms with Gasteiger partial charge in [0.05, 0.1) is 6.61 Å². The van der Waals surface area contributed by atoms with Crippen LogP contribution in [0.3, 0.4) is 0 Å². The highest BCUT2D eigenvalue weighted by Gasteiger charge is 2.22. The second kappa shape index (κ2) is 6.06. The summed E-state index contributed by atoms with van der Waals surface area (Å²) in [4.78, 5) is 0. The zero-order valence-corrected chi connectivity index (χ0v) is 10.9. The minimum absolute atomic E-state index is 0.700. The summed E-state index contributed by atoms with van der Waals surface area (Å²) < 4.78 is 5.51. The van der Waals surface area contributed by atoms with Gasteiger partial charge in [-0.25, -0.2) is 0 Å². The lowest BCUT2D eigenvalue weighted by atomic mass is 10.1. The Morgan fingerprint density at radius 2 is 2.24 bits per heavy atom. The van der Waals surface area contributed by atoms with Gasteiger partial charge in [0.2, 0.25) is 0 Å². The Kier molecular flexibility index (Phi) is 4.43. The zero-order valence-electron chi connectivity index (χ0n) is 10.9. The maximum atomic E-state index is 5.51. The highest BCUT2D eigenvalue weighted by molar-refractivity contribution is 5.28. The molecule has 0 bridgehead atoms. The summed E-state index contributed by atoms with van der Waals surface area (Å²) in [5.74, 6) is 1.80. The van der Waals surface area contributed by atoms with E-state index in [1.54, 1.807) is 0 Å². The molecule has 1 fully saturated rings. The normalized spacial score (nSPS) is 23.9. The smallest absolute Gasteiger partial charge is 0.119 e. The zero-order chi connectivity index (χ0) is 12.1. The van der Waals surface area contributed by atoms with E-state index in [-0.39, 0.29) is 0 Å². The third-order valence-electron chi connectivity index (χ3n) is 3.64. The van der Waals surface area contributed by atoms with Gasteiger partial charge in [0, 0.05) is 12.6 Å². The maximum Gasteiger partial charge on any atom is 0.119 e. The number of hydrogen-bond acceptors (Lipinski definition) is 2. The molecule has 2 atom stereocenters. The van der Waals surface area contributed by atoms with Crippen molar-refractivity contribution >= 4 is 0 Å². The van der Waals surface area contributed by atoms with Crippen molar-refractivity contribution in [3.05, 3.63) is 29.8 Å². The van der Waals surface area contributed by atoms with E-state index < -0.39 is 0 Å². The average Bonchev–Trinajstić information content (AvgIpc) is 2.73. The fourth-order valence-electron chi connectivity index (χ4n) is 2.61. The van der Waals surface area contributed by atoms with Gasteiger partial charge < -0.3 is 10.1 Å². The minimum atomic E-state index is 0.700. The highest BCUT2D eigenvalue weighted by Crippen LogP contribution is 2.25. The van der Waals surface area contributed by atoms with Crippen molar-refractivity contribution in [2.45, 2.75) is 45.7 Å². The van der Waals surface area contributed by atoms with Gasteiger partial charge in [0.1, 0.15) is 5.75 Å². The Morgan fingerprint density at radius 1 is 1.35 bits per heavy atom. The highest BCUT2D eigenvalue weighted by atomic mass is 16.5. The van der Waals surface area contributed by atoms with Crippen molar-refractivity contribution in [1.29, 1.82) is 0 Å². The standard InChI is InChI=1S/C15H23NO/c1-3-17-14-8-5-7-13(10-14)11-16-15-9-4-6-12(15)2/h5,7-8,10,12,15-16H,3-4,6,9,11H2,1-2H3. The maximum absolute atomic E-state index is 5.51. The largest absolute Gasteiger partial charge is 0.494 e. The summed E-state index contributed by atoms with van der Waals surface area (Å²) in [5.41, 5.74) is 1.31. The Hall–Kier alpha value is -1.02. The Morgan fingerprint density at radius 3 is 2.94 bits per heavy atom. The predicted octanol–water partition coefficient (Wildman–Crippen LogP) is 3.36. The van der Waals surface area contributed by atoms with Gasteiger partial charge in [-0.3, -0.25) is 0 Å². The molecule has 17 heavy (non-hydrogen) atoms. The number of benzene rings is 1. The molecule has 1 saturated carbocycles. The molecule has 0 heterocycles. The van der Waals surface area contributed by atoms with E-state index in [0.29, 0.717) is 6.04 Å². The predicted molar refractivity (Wildman–Crippen MR) is 71.3 cm³/mol. The molecule has 0 amide bonds. The first kappa shape index (κ1) is 12.4. The Labute approximate surface area is 104 Å². The average molecular weight is 233 g/mol. The van der Waals surface area contributed by atoms with E-state index in [9.17, 15) is 0 Å². The summed E-state index contributed by atoms with van der Waals surface area (Å²) in [7, 11) is 0.